The Morgan fingerprint density at radius 1 is 1.38 bits per heavy atom. The summed E-state index contributed by atoms with van der Waals surface area (Å²) in [5.74, 6) is 1.07. The van der Waals surface area contributed by atoms with E-state index in [0.29, 0.717) is 23.1 Å². The Labute approximate surface area is 126 Å². The first kappa shape index (κ1) is 15.1. The van der Waals surface area contributed by atoms with Gasteiger partial charge in [0.15, 0.2) is 0 Å². The fourth-order valence-electron chi connectivity index (χ4n) is 1.72. The molecular formula is C14H14ClN3O3. The van der Waals surface area contributed by atoms with E-state index in [1.807, 2.05) is 13.8 Å². The van der Waals surface area contributed by atoms with E-state index in [0.717, 1.165) is 5.56 Å². The van der Waals surface area contributed by atoms with Crippen molar-refractivity contribution in [2.75, 3.05) is 11.9 Å². The molecule has 1 N–H and O–H groups in total. The van der Waals surface area contributed by atoms with Crippen molar-refractivity contribution < 1.29 is 9.66 Å². The van der Waals surface area contributed by atoms with Crippen LogP contribution in [0.3, 0.4) is 0 Å². The number of benzene rings is 1. The molecule has 1 aromatic heterocycles. The number of hydrogen-bond acceptors (Lipinski definition) is 5. The van der Waals surface area contributed by atoms with Crippen molar-refractivity contribution in [2.24, 2.45) is 0 Å². The van der Waals surface area contributed by atoms with Crippen LogP contribution in [0.5, 0.6) is 11.6 Å². The molecular weight excluding hydrogens is 294 g/mol. The minimum atomic E-state index is -0.484. The minimum Gasteiger partial charge on any atom is -0.439 e. The first-order valence-electron chi connectivity index (χ1n) is 6.34. The van der Waals surface area contributed by atoms with Gasteiger partial charge in [-0.2, -0.15) is 4.98 Å². The van der Waals surface area contributed by atoms with Gasteiger partial charge in [-0.3, -0.25) is 10.1 Å². The van der Waals surface area contributed by atoms with Gasteiger partial charge in [-0.15, -0.1) is 0 Å². The predicted octanol–water partition coefficient (Wildman–Crippen LogP) is 4.18. The normalized spacial score (nSPS) is 10.2. The molecule has 0 aliphatic rings. The molecule has 1 aromatic carbocycles. The number of nitrogens with one attached hydrogen (secondary N) is 1. The Kier molecular flexibility index (Phi) is 4.59. The van der Waals surface area contributed by atoms with Gasteiger partial charge in [0.25, 0.3) is 5.69 Å². The third-order valence-electron chi connectivity index (χ3n) is 2.71. The molecule has 0 saturated carbocycles. The molecule has 0 fully saturated rings. The second-order valence-corrected chi connectivity index (χ2v) is 4.76. The molecule has 0 atom stereocenters. The highest BCUT2D eigenvalue weighted by Gasteiger charge is 2.12. The zero-order chi connectivity index (χ0) is 15.4. The van der Waals surface area contributed by atoms with Gasteiger partial charge in [0.05, 0.1) is 17.1 Å². The van der Waals surface area contributed by atoms with E-state index in [1.165, 1.54) is 12.1 Å². The molecule has 7 heteroatoms. The van der Waals surface area contributed by atoms with Crippen molar-refractivity contribution in [3.8, 4) is 11.6 Å². The molecule has 0 amide bonds. The number of aryl methyl sites for hydroxylation is 1. The Morgan fingerprint density at radius 2 is 2.14 bits per heavy atom. The molecule has 0 unspecified atom stereocenters. The summed E-state index contributed by atoms with van der Waals surface area (Å²) >= 11 is 5.95. The standard InChI is InChI=1S/C14H14ClN3O3/c1-3-16-13-7-10(18(19)20)8-14(17-13)21-11-4-5-12(15)9(2)6-11/h4-8H,3H2,1-2H3,(H,16,17). The van der Waals surface area contributed by atoms with E-state index < -0.39 is 4.92 Å². The number of aromatic nitrogens is 1. The molecule has 21 heavy (non-hydrogen) atoms. The maximum absolute atomic E-state index is 10.9. The molecule has 0 bridgehead atoms. The molecule has 0 aliphatic carbocycles. The highest BCUT2D eigenvalue weighted by atomic mass is 35.5. The minimum absolute atomic E-state index is 0.0818. The van der Waals surface area contributed by atoms with Gasteiger partial charge in [0, 0.05) is 11.6 Å². The largest absolute Gasteiger partial charge is 0.439 e. The summed E-state index contributed by atoms with van der Waals surface area (Å²) in [7, 11) is 0. The van der Waals surface area contributed by atoms with Gasteiger partial charge in [-0.1, -0.05) is 11.6 Å². The zero-order valence-electron chi connectivity index (χ0n) is 11.6. The van der Waals surface area contributed by atoms with Crippen LogP contribution in [-0.4, -0.2) is 16.5 Å². The number of halogens is 1. The van der Waals surface area contributed by atoms with Crippen molar-refractivity contribution >= 4 is 23.1 Å². The van der Waals surface area contributed by atoms with Crippen molar-refractivity contribution in [1.82, 2.24) is 4.98 Å². The summed E-state index contributed by atoms with van der Waals surface area (Å²) < 4.78 is 5.58. The lowest BCUT2D eigenvalue weighted by molar-refractivity contribution is -0.384. The number of rotatable bonds is 5. The van der Waals surface area contributed by atoms with E-state index >= 15 is 0 Å². The predicted molar refractivity (Wildman–Crippen MR) is 81.3 cm³/mol. The average molecular weight is 308 g/mol. The van der Waals surface area contributed by atoms with Crippen LogP contribution in [0, 0.1) is 17.0 Å². The third-order valence-corrected chi connectivity index (χ3v) is 3.13. The smallest absolute Gasteiger partial charge is 0.278 e. The van der Waals surface area contributed by atoms with Gasteiger partial charge in [-0.05, 0) is 37.6 Å². The van der Waals surface area contributed by atoms with Crippen LogP contribution in [-0.2, 0) is 0 Å². The Morgan fingerprint density at radius 3 is 2.76 bits per heavy atom. The molecule has 2 rings (SSSR count). The quantitative estimate of drug-likeness (QED) is 0.662. The maximum Gasteiger partial charge on any atom is 0.278 e. The number of ether oxygens (including phenoxy) is 1. The molecule has 0 saturated heterocycles. The van der Waals surface area contributed by atoms with Crippen molar-refractivity contribution in [3.63, 3.8) is 0 Å². The molecule has 6 nitrogen and oxygen atoms in total. The second-order valence-electron chi connectivity index (χ2n) is 4.35. The van der Waals surface area contributed by atoms with Crippen LogP contribution in [0.25, 0.3) is 0 Å². The monoisotopic (exact) mass is 307 g/mol. The summed E-state index contributed by atoms with van der Waals surface area (Å²) in [6.07, 6.45) is 0. The van der Waals surface area contributed by atoms with Gasteiger partial charge in [0.2, 0.25) is 5.88 Å². The average Bonchev–Trinajstić information content (AvgIpc) is 2.43. The molecule has 1 heterocycles. The number of pyridine rings is 1. The van der Waals surface area contributed by atoms with Crippen LogP contribution >= 0.6 is 11.6 Å². The molecule has 110 valence electrons. The van der Waals surface area contributed by atoms with Crippen LogP contribution in [0.2, 0.25) is 5.02 Å². The third kappa shape index (κ3) is 3.82. The SMILES string of the molecule is CCNc1cc([N+](=O)[O-])cc(Oc2ccc(Cl)c(C)c2)n1. The summed E-state index contributed by atoms with van der Waals surface area (Å²) in [5.41, 5.74) is 0.771. The van der Waals surface area contributed by atoms with Crippen LogP contribution < -0.4 is 10.1 Å². The fourth-order valence-corrected chi connectivity index (χ4v) is 1.84. The van der Waals surface area contributed by atoms with Crippen molar-refractivity contribution in [2.45, 2.75) is 13.8 Å². The van der Waals surface area contributed by atoms with E-state index in [9.17, 15) is 10.1 Å². The van der Waals surface area contributed by atoms with E-state index in [4.69, 9.17) is 16.3 Å². The highest BCUT2D eigenvalue weighted by Crippen LogP contribution is 2.28. The fraction of sp³-hybridized carbons (Fsp3) is 0.214. The van der Waals surface area contributed by atoms with Gasteiger partial charge in [-0.25, -0.2) is 0 Å². The Balaban J connectivity index is 2.33. The highest BCUT2D eigenvalue weighted by molar-refractivity contribution is 6.31. The van der Waals surface area contributed by atoms with Crippen molar-refractivity contribution in [3.05, 3.63) is 51.0 Å². The summed E-state index contributed by atoms with van der Waals surface area (Å²) in [6.45, 7) is 4.33. The molecule has 2 aromatic rings. The number of anilines is 1. The van der Waals surface area contributed by atoms with Gasteiger partial charge in [0.1, 0.15) is 11.6 Å². The van der Waals surface area contributed by atoms with Crippen LogP contribution in [0.15, 0.2) is 30.3 Å². The second kappa shape index (κ2) is 6.41. The summed E-state index contributed by atoms with van der Waals surface area (Å²) in [6, 6.07) is 7.78. The Bertz CT molecular complexity index is 677. The summed E-state index contributed by atoms with van der Waals surface area (Å²) in [4.78, 5) is 14.6. The van der Waals surface area contributed by atoms with Gasteiger partial charge >= 0.3 is 0 Å². The number of nitro groups is 1. The lowest BCUT2D eigenvalue weighted by Gasteiger charge is -2.08. The van der Waals surface area contributed by atoms with Gasteiger partial charge < -0.3 is 10.1 Å². The summed E-state index contributed by atoms with van der Waals surface area (Å²) in [5, 5.41) is 14.5. The van der Waals surface area contributed by atoms with E-state index in [2.05, 4.69) is 10.3 Å². The first-order valence-corrected chi connectivity index (χ1v) is 6.71. The topological polar surface area (TPSA) is 77.3 Å². The molecule has 0 spiro atoms. The lowest BCUT2D eigenvalue weighted by atomic mass is 10.2. The molecule has 0 aliphatic heterocycles. The Hall–Kier alpha value is -2.34. The van der Waals surface area contributed by atoms with Crippen LogP contribution in [0.4, 0.5) is 11.5 Å². The number of nitrogens with zero attached hydrogens (tertiary/aromatic N) is 2. The van der Waals surface area contributed by atoms with E-state index in [1.54, 1.807) is 18.2 Å². The zero-order valence-corrected chi connectivity index (χ0v) is 12.3. The lowest BCUT2D eigenvalue weighted by Crippen LogP contribution is -2.02. The van der Waals surface area contributed by atoms with Crippen molar-refractivity contribution in [1.29, 1.82) is 0 Å². The number of hydrogen-bond donors (Lipinski definition) is 1. The molecule has 0 radical (unpaired) electrons. The van der Waals surface area contributed by atoms with Crippen LogP contribution in [0.1, 0.15) is 12.5 Å². The first-order chi connectivity index (χ1) is 9.99. The maximum atomic E-state index is 10.9. The van der Waals surface area contributed by atoms with E-state index in [-0.39, 0.29) is 11.6 Å².